The Morgan fingerprint density at radius 3 is 2.71 bits per heavy atom. The molecule has 1 N–H and O–H groups in total. The molecule has 1 aromatic heterocycles. The van der Waals surface area contributed by atoms with Crippen molar-refractivity contribution in [2.45, 2.75) is 0 Å². The summed E-state index contributed by atoms with van der Waals surface area (Å²) in [7, 11) is 1.76. The molecule has 0 atom stereocenters. The second-order valence-corrected chi connectivity index (χ2v) is 3.00. The fourth-order valence-electron chi connectivity index (χ4n) is 1.36. The van der Waals surface area contributed by atoms with Gasteiger partial charge in [0.05, 0.1) is 5.69 Å². The Morgan fingerprint density at radius 2 is 2.14 bits per heavy atom. The first-order chi connectivity index (χ1) is 6.68. The van der Waals surface area contributed by atoms with Crippen LogP contribution in [0.3, 0.4) is 0 Å². The molecule has 0 aliphatic rings. The van der Waals surface area contributed by atoms with Gasteiger partial charge >= 0.3 is 0 Å². The Bertz CT molecular complexity index is 465. The van der Waals surface area contributed by atoms with E-state index in [1.807, 2.05) is 0 Å². The Kier molecular flexibility index (Phi) is 1.96. The normalized spacial score (nSPS) is 10.4. The third-order valence-corrected chi connectivity index (χ3v) is 2.06. The predicted octanol–water partition coefficient (Wildman–Crippen LogP) is 1.93. The maximum Gasteiger partial charge on any atom is 0.127 e. The van der Waals surface area contributed by atoms with E-state index < -0.39 is 5.82 Å². The summed E-state index contributed by atoms with van der Waals surface area (Å²) in [6, 6.07) is 5.68. The van der Waals surface area contributed by atoms with E-state index in [2.05, 4.69) is 5.10 Å². The summed E-state index contributed by atoms with van der Waals surface area (Å²) in [5.41, 5.74) is 1.33. The molecule has 0 aliphatic heterocycles. The molecule has 0 radical (unpaired) electrons. The minimum atomic E-state index is -0.451. The fraction of sp³-hybridized carbons (Fsp3) is 0.100. The van der Waals surface area contributed by atoms with Crippen LogP contribution in [0.15, 0.2) is 30.5 Å². The van der Waals surface area contributed by atoms with E-state index in [-0.39, 0.29) is 5.75 Å². The third kappa shape index (κ3) is 1.35. The van der Waals surface area contributed by atoms with Crippen LogP contribution < -0.4 is 0 Å². The molecule has 0 unspecified atom stereocenters. The van der Waals surface area contributed by atoms with Crippen molar-refractivity contribution in [3.8, 4) is 17.0 Å². The number of hydrogen-bond acceptors (Lipinski definition) is 2. The monoisotopic (exact) mass is 192 g/mol. The molecule has 2 rings (SSSR count). The Balaban J connectivity index is 2.58. The summed E-state index contributed by atoms with van der Waals surface area (Å²) >= 11 is 0. The molecule has 4 heteroatoms. The average Bonchev–Trinajstić information content (AvgIpc) is 2.52. The molecule has 0 saturated carbocycles. The molecule has 72 valence electrons. The van der Waals surface area contributed by atoms with E-state index in [1.165, 1.54) is 12.1 Å². The molecule has 0 aliphatic carbocycles. The fourth-order valence-corrected chi connectivity index (χ4v) is 1.36. The first kappa shape index (κ1) is 8.74. The van der Waals surface area contributed by atoms with Gasteiger partial charge in [0.1, 0.15) is 11.6 Å². The molecule has 14 heavy (non-hydrogen) atoms. The van der Waals surface area contributed by atoms with Crippen molar-refractivity contribution >= 4 is 0 Å². The number of nitrogens with zero attached hydrogens (tertiary/aromatic N) is 2. The van der Waals surface area contributed by atoms with Gasteiger partial charge in [-0.15, -0.1) is 0 Å². The lowest BCUT2D eigenvalue weighted by atomic mass is 10.1. The van der Waals surface area contributed by atoms with Gasteiger partial charge in [0.25, 0.3) is 0 Å². The maximum atomic E-state index is 12.7. The molecule has 1 heterocycles. The highest BCUT2D eigenvalue weighted by atomic mass is 19.1. The lowest BCUT2D eigenvalue weighted by Gasteiger charge is -2.04. The summed E-state index contributed by atoms with van der Waals surface area (Å²) in [5, 5.41) is 13.5. The SMILES string of the molecule is Cn1nccc1-c1ccc(F)cc1O. The van der Waals surface area contributed by atoms with Crippen molar-refractivity contribution in [3.63, 3.8) is 0 Å². The molecule has 1 aromatic carbocycles. The largest absolute Gasteiger partial charge is 0.507 e. The maximum absolute atomic E-state index is 12.7. The number of halogens is 1. The standard InChI is InChI=1S/C10H9FN2O/c1-13-9(4-5-12-13)8-3-2-7(11)6-10(8)14/h2-6,14H,1H3. The van der Waals surface area contributed by atoms with Crippen LogP contribution in [0.2, 0.25) is 0 Å². The third-order valence-electron chi connectivity index (χ3n) is 2.06. The molecule has 0 spiro atoms. The highest BCUT2D eigenvalue weighted by molar-refractivity contribution is 5.66. The van der Waals surface area contributed by atoms with Crippen molar-refractivity contribution < 1.29 is 9.50 Å². The van der Waals surface area contributed by atoms with Crippen molar-refractivity contribution in [3.05, 3.63) is 36.3 Å². The number of aromatic nitrogens is 2. The summed E-state index contributed by atoms with van der Waals surface area (Å²) < 4.78 is 14.3. The average molecular weight is 192 g/mol. The number of rotatable bonds is 1. The van der Waals surface area contributed by atoms with Crippen LogP contribution in [0.1, 0.15) is 0 Å². The summed E-state index contributed by atoms with van der Waals surface area (Å²) in [6.45, 7) is 0. The molecule has 0 amide bonds. The van der Waals surface area contributed by atoms with Gasteiger partial charge < -0.3 is 5.11 Å². The number of phenolic OH excluding ortho intramolecular Hbond substituents is 1. The van der Waals surface area contributed by atoms with Crippen molar-refractivity contribution in [1.29, 1.82) is 0 Å². The second kappa shape index (κ2) is 3.14. The van der Waals surface area contributed by atoms with E-state index in [1.54, 1.807) is 24.0 Å². The summed E-state index contributed by atoms with van der Waals surface area (Å²) in [6.07, 6.45) is 1.62. The zero-order valence-electron chi connectivity index (χ0n) is 7.61. The predicted molar refractivity (Wildman–Crippen MR) is 50.3 cm³/mol. The number of phenols is 1. The highest BCUT2D eigenvalue weighted by Gasteiger charge is 2.08. The Labute approximate surface area is 80.4 Å². The van der Waals surface area contributed by atoms with Crippen LogP contribution in [-0.2, 0) is 7.05 Å². The lowest BCUT2D eigenvalue weighted by molar-refractivity contribution is 0.470. The molecule has 0 saturated heterocycles. The van der Waals surface area contributed by atoms with Gasteiger partial charge in [-0.3, -0.25) is 4.68 Å². The van der Waals surface area contributed by atoms with E-state index in [0.717, 1.165) is 11.8 Å². The van der Waals surface area contributed by atoms with Gasteiger partial charge in [-0.05, 0) is 18.2 Å². The van der Waals surface area contributed by atoms with Gasteiger partial charge in [0.15, 0.2) is 0 Å². The highest BCUT2D eigenvalue weighted by Crippen LogP contribution is 2.28. The van der Waals surface area contributed by atoms with Crippen LogP contribution in [0.25, 0.3) is 11.3 Å². The minimum absolute atomic E-state index is 0.0754. The van der Waals surface area contributed by atoms with Crippen molar-refractivity contribution in [1.82, 2.24) is 9.78 Å². The van der Waals surface area contributed by atoms with Gasteiger partial charge in [-0.1, -0.05) is 0 Å². The van der Waals surface area contributed by atoms with E-state index >= 15 is 0 Å². The first-order valence-corrected chi connectivity index (χ1v) is 4.15. The van der Waals surface area contributed by atoms with Gasteiger partial charge in [-0.2, -0.15) is 5.10 Å². The Hall–Kier alpha value is -1.84. The lowest BCUT2D eigenvalue weighted by Crippen LogP contribution is -1.93. The molecule has 0 bridgehead atoms. The first-order valence-electron chi connectivity index (χ1n) is 4.15. The topological polar surface area (TPSA) is 38.0 Å². The van der Waals surface area contributed by atoms with E-state index in [0.29, 0.717) is 5.56 Å². The summed E-state index contributed by atoms with van der Waals surface area (Å²) in [5.74, 6) is -0.526. The van der Waals surface area contributed by atoms with Gasteiger partial charge in [-0.25, -0.2) is 4.39 Å². The number of benzene rings is 1. The van der Waals surface area contributed by atoms with E-state index in [9.17, 15) is 9.50 Å². The molecular weight excluding hydrogens is 183 g/mol. The van der Waals surface area contributed by atoms with Crippen LogP contribution in [0.4, 0.5) is 4.39 Å². The molecule has 3 nitrogen and oxygen atoms in total. The Morgan fingerprint density at radius 1 is 1.36 bits per heavy atom. The second-order valence-electron chi connectivity index (χ2n) is 3.00. The number of aryl methyl sites for hydroxylation is 1. The van der Waals surface area contributed by atoms with Gasteiger partial charge in [0, 0.05) is 24.9 Å². The van der Waals surface area contributed by atoms with Crippen molar-refractivity contribution in [2.24, 2.45) is 7.05 Å². The number of hydrogen-bond donors (Lipinski definition) is 1. The van der Waals surface area contributed by atoms with Crippen LogP contribution in [0, 0.1) is 5.82 Å². The summed E-state index contributed by atoms with van der Waals surface area (Å²) in [4.78, 5) is 0. The quantitative estimate of drug-likeness (QED) is 0.749. The smallest absolute Gasteiger partial charge is 0.127 e. The zero-order chi connectivity index (χ0) is 10.1. The minimum Gasteiger partial charge on any atom is -0.507 e. The van der Waals surface area contributed by atoms with Crippen molar-refractivity contribution in [2.75, 3.05) is 0 Å². The molecule has 0 fully saturated rings. The van der Waals surface area contributed by atoms with Crippen LogP contribution in [0.5, 0.6) is 5.75 Å². The number of aromatic hydroxyl groups is 1. The zero-order valence-corrected chi connectivity index (χ0v) is 7.61. The van der Waals surface area contributed by atoms with Crippen LogP contribution >= 0.6 is 0 Å². The van der Waals surface area contributed by atoms with Crippen LogP contribution in [-0.4, -0.2) is 14.9 Å². The molecule has 2 aromatic rings. The van der Waals surface area contributed by atoms with E-state index in [4.69, 9.17) is 0 Å². The van der Waals surface area contributed by atoms with Gasteiger partial charge in [0.2, 0.25) is 0 Å². The molecular formula is C10H9FN2O.